The molecular formula is C18H28IN5. The quantitative estimate of drug-likeness (QED) is 0.300. The van der Waals surface area contributed by atoms with E-state index in [1.54, 1.807) is 0 Å². The van der Waals surface area contributed by atoms with Gasteiger partial charge in [0.1, 0.15) is 0 Å². The standard InChI is InChI=1S/C18H27N5.HI/c1-4-5-11-19-18(21-14-17-10-12-22-23(17)3)20-13-16-8-6-15(2)7-9-16;/h6-10,12H,4-5,11,13-14H2,1-3H3,(H2,19,20,21);1H. The van der Waals surface area contributed by atoms with E-state index < -0.39 is 0 Å². The van der Waals surface area contributed by atoms with E-state index in [1.807, 2.05) is 24.0 Å². The van der Waals surface area contributed by atoms with Crippen molar-refractivity contribution in [1.82, 2.24) is 20.4 Å². The number of aromatic nitrogens is 2. The van der Waals surface area contributed by atoms with Gasteiger partial charge < -0.3 is 10.6 Å². The first kappa shape index (κ1) is 20.5. The number of guanidine groups is 1. The van der Waals surface area contributed by atoms with Crippen LogP contribution >= 0.6 is 24.0 Å². The minimum atomic E-state index is 0. The summed E-state index contributed by atoms with van der Waals surface area (Å²) in [6, 6.07) is 10.5. The number of halogens is 1. The van der Waals surface area contributed by atoms with Crippen LogP contribution in [0.5, 0.6) is 0 Å². The van der Waals surface area contributed by atoms with Crippen LogP contribution in [0.2, 0.25) is 0 Å². The smallest absolute Gasteiger partial charge is 0.191 e. The van der Waals surface area contributed by atoms with Gasteiger partial charge in [-0.2, -0.15) is 5.10 Å². The maximum atomic E-state index is 4.69. The zero-order valence-electron chi connectivity index (χ0n) is 14.7. The average molecular weight is 441 g/mol. The summed E-state index contributed by atoms with van der Waals surface area (Å²) in [5, 5.41) is 11.0. The second-order valence-electron chi connectivity index (χ2n) is 5.73. The summed E-state index contributed by atoms with van der Waals surface area (Å²) in [5.41, 5.74) is 3.62. The lowest BCUT2D eigenvalue weighted by Gasteiger charge is -2.12. The number of benzene rings is 1. The van der Waals surface area contributed by atoms with E-state index in [0.29, 0.717) is 13.1 Å². The van der Waals surface area contributed by atoms with E-state index in [2.05, 4.69) is 58.8 Å². The molecule has 0 spiro atoms. The molecule has 0 amide bonds. The van der Waals surface area contributed by atoms with Gasteiger partial charge in [0.2, 0.25) is 0 Å². The molecule has 1 aromatic carbocycles. The lowest BCUT2D eigenvalue weighted by molar-refractivity contribution is 0.676. The molecular weight excluding hydrogens is 413 g/mol. The van der Waals surface area contributed by atoms with Crippen LogP contribution in [0.1, 0.15) is 36.6 Å². The summed E-state index contributed by atoms with van der Waals surface area (Å²) in [7, 11) is 1.95. The number of hydrogen-bond donors (Lipinski definition) is 2. The second-order valence-corrected chi connectivity index (χ2v) is 5.73. The Morgan fingerprint density at radius 1 is 1.17 bits per heavy atom. The number of nitrogens with one attached hydrogen (secondary N) is 2. The van der Waals surface area contributed by atoms with E-state index >= 15 is 0 Å². The summed E-state index contributed by atoms with van der Waals surface area (Å²) < 4.78 is 1.87. The molecule has 0 bridgehead atoms. The van der Waals surface area contributed by atoms with Gasteiger partial charge in [0.15, 0.2) is 5.96 Å². The maximum absolute atomic E-state index is 4.69. The Balaban J connectivity index is 0.00000288. The first-order chi connectivity index (χ1) is 11.2. The van der Waals surface area contributed by atoms with Crippen LogP contribution in [-0.4, -0.2) is 22.3 Å². The first-order valence-electron chi connectivity index (χ1n) is 8.23. The number of aliphatic imine (C=N–C) groups is 1. The summed E-state index contributed by atoms with van der Waals surface area (Å²) in [6.07, 6.45) is 4.11. The van der Waals surface area contributed by atoms with Gasteiger partial charge in [0, 0.05) is 19.8 Å². The molecule has 0 fully saturated rings. The van der Waals surface area contributed by atoms with Crippen molar-refractivity contribution < 1.29 is 0 Å². The van der Waals surface area contributed by atoms with Crippen molar-refractivity contribution in [2.45, 2.75) is 39.8 Å². The third kappa shape index (κ3) is 6.90. The molecule has 1 aromatic heterocycles. The predicted octanol–water partition coefficient (Wildman–Crippen LogP) is 3.38. The molecule has 0 aliphatic heterocycles. The van der Waals surface area contributed by atoms with Gasteiger partial charge in [-0.25, -0.2) is 4.99 Å². The van der Waals surface area contributed by atoms with Gasteiger partial charge in [-0.15, -0.1) is 24.0 Å². The number of nitrogens with zero attached hydrogens (tertiary/aromatic N) is 3. The molecule has 132 valence electrons. The Morgan fingerprint density at radius 3 is 2.54 bits per heavy atom. The molecule has 24 heavy (non-hydrogen) atoms. The lowest BCUT2D eigenvalue weighted by Crippen LogP contribution is -2.37. The highest BCUT2D eigenvalue weighted by molar-refractivity contribution is 14.0. The molecule has 2 aromatic rings. The molecule has 0 aliphatic rings. The number of aryl methyl sites for hydroxylation is 2. The van der Waals surface area contributed by atoms with Crippen LogP contribution in [-0.2, 0) is 20.1 Å². The van der Waals surface area contributed by atoms with Crippen LogP contribution in [0.4, 0.5) is 0 Å². The van der Waals surface area contributed by atoms with Crippen LogP contribution in [0.3, 0.4) is 0 Å². The second kappa shape index (κ2) is 11.1. The molecule has 0 radical (unpaired) electrons. The fourth-order valence-corrected chi connectivity index (χ4v) is 2.17. The summed E-state index contributed by atoms with van der Waals surface area (Å²) >= 11 is 0. The maximum Gasteiger partial charge on any atom is 0.191 e. The van der Waals surface area contributed by atoms with Crippen molar-refractivity contribution in [2.24, 2.45) is 12.0 Å². The Morgan fingerprint density at radius 2 is 1.92 bits per heavy atom. The van der Waals surface area contributed by atoms with Crippen molar-refractivity contribution in [2.75, 3.05) is 6.54 Å². The van der Waals surface area contributed by atoms with Crippen LogP contribution in [0, 0.1) is 6.92 Å². The number of unbranched alkanes of at least 4 members (excludes halogenated alkanes) is 1. The van der Waals surface area contributed by atoms with Gasteiger partial charge in [0.05, 0.1) is 18.8 Å². The zero-order valence-corrected chi connectivity index (χ0v) is 17.1. The zero-order chi connectivity index (χ0) is 16.5. The monoisotopic (exact) mass is 441 g/mol. The minimum absolute atomic E-state index is 0. The van der Waals surface area contributed by atoms with Crippen LogP contribution in [0.15, 0.2) is 41.5 Å². The lowest BCUT2D eigenvalue weighted by atomic mass is 10.1. The molecule has 0 atom stereocenters. The SMILES string of the molecule is CCCCNC(=NCc1ccc(C)cc1)NCc1ccnn1C.I. The highest BCUT2D eigenvalue weighted by Crippen LogP contribution is 2.04. The van der Waals surface area contributed by atoms with Gasteiger partial charge >= 0.3 is 0 Å². The Kier molecular flexibility index (Phi) is 9.44. The minimum Gasteiger partial charge on any atom is -0.356 e. The molecule has 0 saturated carbocycles. The van der Waals surface area contributed by atoms with E-state index in [9.17, 15) is 0 Å². The van der Waals surface area contributed by atoms with Crippen molar-refractivity contribution in [3.05, 3.63) is 53.3 Å². The number of rotatable bonds is 7. The van der Waals surface area contributed by atoms with Crippen molar-refractivity contribution in [3.63, 3.8) is 0 Å². The van der Waals surface area contributed by atoms with Crippen LogP contribution < -0.4 is 10.6 Å². The highest BCUT2D eigenvalue weighted by atomic mass is 127. The van der Waals surface area contributed by atoms with Gasteiger partial charge in [-0.05, 0) is 25.0 Å². The van der Waals surface area contributed by atoms with Crippen molar-refractivity contribution >= 4 is 29.9 Å². The molecule has 0 saturated heterocycles. The third-order valence-electron chi connectivity index (χ3n) is 3.72. The van der Waals surface area contributed by atoms with Gasteiger partial charge in [0.25, 0.3) is 0 Å². The Labute approximate surface area is 162 Å². The first-order valence-corrected chi connectivity index (χ1v) is 8.23. The fraction of sp³-hybridized carbons (Fsp3) is 0.444. The molecule has 2 N–H and O–H groups in total. The predicted molar refractivity (Wildman–Crippen MR) is 111 cm³/mol. The molecule has 6 heteroatoms. The van der Waals surface area contributed by atoms with Gasteiger partial charge in [-0.3, -0.25) is 4.68 Å². The van der Waals surface area contributed by atoms with E-state index in [1.165, 1.54) is 17.5 Å². The van der Waals surface area contributed by atoms with Gasteiger partial charge in [-0.1, -0.05) is 43.2 Å². The fourth-order valence-electron chi connectivity index (χ4n) is 2.17. The molecule has 0 aliphatic carbocycles. The topological polar surface area (TPSA) is 54.2 Å². The van der Waals surface area contributed by atoms with E-state index in [0.717, 1.165) is 24.6 Å². The largest absolute Gasteiger partial charge is 0.356 e. The summed E-state index contributed by atoms with van der Waals surface area (Å²) in [4.78, 5) is 4.69. The summed E-state index contributed by atoms with van der Waals surface area (Å²) in [6.45, 7) is 6.60. The molecule has 1 heterocycles. The average Bonchev–Trinajstić information content (AvgIpc) is 2.96. The van der Waals surface area contributed by atoms with E-state index in [-0.39, 0.29) is 24.0 Å². The Bertz CT molecular complexity index is 619. The van der Waals surface area contributed by atoms with Crippen molar-refractivity contribution in [3.8, 4) is 0 Å². The Hall–Kier alpha value is -1.57. The third-order valence-corrected chi connectivity index (χ3v) is 3.72. The van der Waals surface area contributed by atoms with Crippen LogP contribution in [0.25, 0.3) is 0 Å². The molecule has 0 unspecified atom stereocenters. The summed E-state index contributed by atoms with van der Waals surface area (Å²) in [5.74, 6) is 0.847. The van der Waals surface area contributed by atoms with Crippen molar-refractivity contribution in [1.29, 1.82) is 0 Å². The molecule has 2 rings (SSSR count). The number of hydrogen-bond acceptors (Lipinski definition) is 2. The van der Waals surface area contributed by atoms with E-state index in [4.69, 9.17) is 0 Å². The molecule has 5 nitrogen and oxygen atoms in total. The highest BCUT2D eigenvalue weighted by Gasteiger charge is 2.02. The normalized spacial score (nSPS) is 11.0.